The van der Waals surface area contributed by atoms with Gasteiger partial charge >= 0.3 is 11.9 Å². The van der Waals surface area contributed by atoms with Crippen LogP contribution in [0.3, 0.4) is 0 Å². The maximum Gasteiger partial charge on any atom is 0.325 e. The largest absolute Gasteiger partial charge is 0.480 e. The van der Waals surface area contributed by atoms with E-state index in [9.17, 15) is 24.3 Å². The van der Waals surface area contributed by atoms with Gasteiger partial charge in [-0.05, 0) is 42.9 Å². The Hall–Kier alpha value is -3.14. The van der Waals surface area contributed by atoms with E-state index in [0.29, 0.717) is 12.1 Å². The number of aliphatic carboxylic acids is 1. The van der Waals surface area contributed by atoms with E-state index in [4.69, 9.17) is 16.2 Å². The highest BCUT2D eigenvalue weighted by molar-refractivity contribution is 5.90. The average molecular weight is 577 g/mol. The van der Waals surface area contributed by atoms with E-state index in [1.165, 1.54) is 26.2 Å². The first-order valence-corrected chi connectivity index (χ1v) is 15.0. The minimum atomic E-state index is -1.19. The summed E-state index contributed by atoms with van der Waals surface area (Å²) >= 11 is 0. The molecule has 1 rings (SSSR count). The molecule has 1 aromatic carbocycles. The zero-order valence-corrected chi connectivity index (χ0v) is 25.5. The predicted molar refractivity (Wildman–Crippen MR) is 161 cm³/mol. The number of carbonyl (C=O) groups excluding carboxylic acids is 3. The van der Waals surface area contributed by atoms with Gasteiger partial charge in [0.2, 0.25) is 11.8 Å². The maximum absolute atomic E-state index is 13.3. The zero-order valence-electron chi connectivity index (χ0n) is 25.5. The third kappa shape index (κ3) is 13.9. The van der Waals surface area contributed by atoms with E-state index in [2.05, 4.69) is 17.6 Å². The summed E-state index contributed by atoms with van der Waals surface area (Å²) in [6.07, 6.45) is 7.49. The van der Waals surface area contributed by atoms with Crippen molar-refractivity contribution < 1.29 is 29.0 Å². The normalized spacial score (nSPS) is 15.6. The van der Waals surface area contributed by atoms with Crippen molar-refractivity contribution in [3.63, 3.8) is 0 Å². The fraction of sp³-hybridized carbons (Fsp3) is 0.677. The number of carboxylic acid groups (broad SMARTS) is 1. The Morgan fingerprint density at radius 3 is 2.10 bits per heavy atom. The van der Waals surface area contributed by atoms with Crippen molar-refractivity contribution in [2.75, 3.05) is 5.73 Å². The number of benzene rings is 1. The van der Waals surface area contributed by atoms with Crippen LogP contribution >= 0.6 is 0 Å². The second kappa shape index (κ2) is 19.1. The number of carboxylic acids is 1. The lowest BCUT2D eigenvalue weighted by molar-refractivity contribution is -0.156. The van der Waals surface area contributed by atoms with Crippen LogP contribution in [0.25, 0.3) is 0 Å². The third-order valence-corrected chi connectivity index (χ3v) is 7.63. The number of amides is 2. The average Bonchev–Trinajstić information content (AvgIpc) is 2.93. The minimum Gasteiger partial charge on any atom is -0.480 e. The van der Waals surface area contributed by atoms with Crippen LogP contribution in [0.15, 0.2) is 24.3 Å². The molecule has 0 aliphatic heterocycles. The molecule has 232 valence electrons. The summed E-state index contributed by atoms with van der Waals surface area (Å²) in [4.78, 5) is 50.4. The second-order valence-electron chi connectivity index (χ2n) is 11.3. The molecule has 7 N–H and O–H groups in total. The van der Waals surface area contributed by atoms with E-state index in [-0.39, 0.29) is 24.7 Å². The molecule has 0 saturated carbocycles. The number of carbonyl (C=O) groups is 4. The molecular weight excluding hydrogens is 524 g/mol. The summed E-state index contributed by atoms with van der Waals surface area (Å²) in [5.74, 6) is -3.01. The van der Waals surface area contributed by atoms with Crippen LogP contribution < -0.4 is 22.1 Å². The fourth-order valence-corrected chi connectivity index (χ4v) is 4.42. The van der Waals surface area contributed by atoms with Crippen molar-refractivity contribution in [1.82, 2.24) is 10.6 Å². The van der Waals surface area contributed by atoms with Gasteiger partial charge in [0.1, 0.15) is 24.2 Å². The SMILES string of the molecule is CCCCCCCC[C@H](C)[C@H](CC(=O)N[C@@H](Cc1ccc(N)cc1)C(=O)N[C@@H](C)C(=O)O)OC(=O)[C@H](N)[C@@H](C)CC. The fourth-order valence-electron chi connectivity index (χ4n) is 4.42. The molecule has 0 bridgehead atoms. The van der Waals surface area contributed by atoms with Crippen molar-refractivity contribution in [3.8, 4) is 0 Å². The Morgan fingerprint density at radius 2 is 1.51 bits per heavy atom. The van der Waals surface area contributed by atoms with Crippen molar-refractivity contribution in [1.29, 1.82) is 0 Å². The van der Waals surface area contributed by atoms with E-state index in [0.717, 1.165) is 31.2 Å². The van der Waals surface area contributed by atoms with Gasteiger partial charge in [0.15, 0.2) is 0 Å². The van der Waals surface area contributed by atoms with E-state index >= 15 is 0 Å². The number of nitrogen functional groups attached to an aromatic ring is 1. The van der Waals surface area contributed by atoms with Crippen molar-refractivity contribution in [3.05, 3.63) is 29.8 Å². The lowest BCUT2D eigenvalue weighted by atomic mass is 9.93. The molecule has 6 atom stereocenters. The first kappa shape index (κ1) is 35.9. The Morgan fingerprint density at radius 1 is 0.902 bits per heavy atom. The maximum atomic E-state index is 13.3. The van der Waals surface area contributed by atoms with E-state index < -0.39 is 48.0 Å². The predicted octanol–water partition coefficient (Wildman–Crippen LogP) is 3.95. The number of ether oxygens (including phenoxy) is 1. The summed E-state index contributed by atoms with van der Waals surface area (Å²) in [6.45, 7) is 9.31. The Labute approximate surface area is 245 Å². The number of anilines is 1. The molecule has 2 amide bonds. The number of unbranched alkanes of at least 4 members (excludes halogenated alkanes) is 5. The molecule has 1 aromatic rings. The molecule has 0 aromatic heterocycles. The van der Waals surface area contributed by atoms with Crippen LogP contribution in [0, 0.1) is 11.8 Å². The van der Waals surface area contributed by atoms with E-state index in [1.54, 1.807) is 24.3 Å². The molecule has 0 radical (unpaired) electrons. The quantitative estimate of drug-likeness (QED) is 0.0881. The number of esters is 1. The summed E-state index contributed by atoms with van der Waals surface area (Å²) in [7, 11) is 0. The molecule has 41 heavy (non-hydrogen) atoms. The molecule has 0 saturated heterocycles. The molecule has 10 heteroatoms. The Balaban J connectivity index is 3.03. The smallest absolute Gasteiger partial charge is 0.325 e. The molecule has 0 aliphatic rings. The van der Waals surface area contributed by atoms with Crippen LogP contribution in [-0.4, -0.2) is 53.1 Å². The van der Waals surface area contributed by atoms with Gasteiger partial charge in [-0.2, -0.15) is 0 Å². The topological polar surface area (TPSA) is 174 Å². The van der Waals surface area contributed by atoms with Crippen molar-refractivity contribution in [2.45, 2.75) is 123 Å². The van der Waals surface area contributed by atoms with Gasteiger partial charge in [0, 0.05) is 12.1 Å². The summed E-state index contributed by atoms with van der Waals surface area (Å²) in [5, 5.41) is 14.4. The number of hydrogen-bond donors (Lipinski definition) is 5. The highest BCUT2D eigenvalue weighted by Crippen LogP contribution is 2.21. The van der Waals surface area contributed by atoms with Gasteiger partial charge in [-0.15, -0.1) is 0 Å². The number of nitrogens with one attached hydrogen (secondary N) is 2. The molecule has 0 aliphatic carbocycles. The standard InChI is InChI=1S/C31H52N4O6/c1-6-8-9-10-11-12-13-21(4)26(41-31(40)28(33)20(3)7-2)19-27(36)35-25(29(37)34-22(5)30(38)39)18-23-14-16-24(32)17-15-23/h14-17,20-22,25-26,28H,6-13,18-19,32-33H2,1-5H3,(H,34,37)(H,35,36)(H,38,39)/t20-,21-,22-,25-,26-,28+/m0/s1. The lowest BCUT2D eigenvalue weighted by Crippen LogP contribution is -2.52. The van der Waals surface area contributed by atoms with Crippen LogP contribution in [0.4, 0.5) is 5.69 Å². The van der Waals surface area contributed by atoms with Gasteiger partial charge in [0.05, 0.1) is 6.42 Å². The molecule has 10 nitrogen and oxygen atoms in total. The van der Waals surface area contributed by atoms with Gasteiger partial charge in [0.25, 0.3) is 0 Å². The monoisotopic (exact) mass is 576 g/mol. The minimum absolute atomic E-state index is 0.0740. The first-order chi connectivity index (χ1) is 19.4. The summed E-state index contributed by atoms with van der Waals surface area (Å²) < 4.78 is 5.82. The van der Waals surface area contributed by atoms with Gasteiger partial charge in [-0.1, -0.05) is 84.8 Å². The van der Waals surface area contributed by atoms with Crippen LogP contribution in [0.1, 0.15) is 98.0 Å². The van der Waals surface area contributed by atoms with E-state index in [1.807, 2.05) is 20.8 Å². The molecule has 0 unspecified atom stereocenters. The number of rotatable bonds is 20. The van der Waals surface area contributed by atoms with Crippen LogP contribution in [0.5, 0.6) is 0 Å². The highest BCUT2D eigenvalue weighted by Gasteiger charge is 2.31. The van der Waals surface area contributed by atoms with Crippen molar-refractivity contribution in [2.24, 2.45) is 17.6 Å². The molecule has 0 fully saturated rings. The molecule has 0 heterocycles. The van der Waals surface area contributed by atoms with Gasteiger partial charge < -0.3 is 31.9 Å². The first-order valence-electron chi connectivity index (χ1n) is 15.0. The molecule has 0 spiro atoms. The van der Waals surface area contributed by atoms with Crippen LogP contribution in [-0.2, 0) is 30.3 Å². The Bertz CT molecular complexity index is 954. The Kier molecular flexibility index (Phi) is 16.7. The second-order valence-corrected chi connectivity index (χ2v) is 11.3. The number of hydrogen-bond acceptors (Lipinski definition) is 7. The van der Waals surface area contributed by atoms with Gasteiger partial charge in [-0.25, -0.2) is 0 Å². The lowest BCUT2D eigenvalue weighted by Gasteiger charge is -2.27. The van der Waals surface area contributed by atoms with Crippen LogP contribution in [0.2, 0.25) is 0 Å². The third-order valence-electron chi connectivity index (χ3n) is 7.63. The summed E-state index contributed by atoms with van der Waals surface area (Å²) in [6, 6.07) is 3.88. The van der Waals surface area contributed by atoms with Gasteiger partial charge in [-0.3, -0.25) is 19.2 Å². The summed E-state index contributed by atoms with van der Waals surface area (Å²) in [5.41, 5.74) is 13.2. The highest BCUT2D eigenvalue weighted by atomic mass is 16.5. The zero-order chi connectivity index (χ0) is 30.9. The number of nitrogens with two attached hydrogens (primary N) is 2. The molecular formula is C31H52N4O6. The van der Waals surface area contributed by atoms with Crippen molar-refractivity contribution >= 4 is 29.4 Å².